The summed E-state index contributed by atoms with van der Waals surface area (Å²) in [5, 5.41) is 9.05. The molecule has 43 heavy (non-hydrogen) atoms. The second kappa shape index (κ2) is 13.1. The van der Waals surface area contributed by atoms with Crippen molar-refractivity contribution in [1.82, 2.24) is 10.9 Å². The van der Waals surface area contributed by atoms with E-state index in [-0.39, 0.29) is 18.6 Å². The molecule has 1 heterocycles. The molecule has 4 aromatic carbocycles. The average molecular weight is 641 g/mol. The zero-order chi connectivity index (χ0) is 29.6. The first-order valence-electron chi connectivity index (χ1n) is 14.6. The van der Waals surface area contributed by atoms with E-state index in [4.69, 9.17) is 19.6 Å². The molecule has 0 saturated heterocycles. The van der Waals surface area contributed by atoms with Gasteiger partial charge < -0.3 is 14.6 Å². The van der Waals surface area contributed by atoms with E-state index in [1.54, 1.807) is 0 Å². The minimum absolute atomic E-state index is 0.0777. The molecule has 8 heteroatoms. The molecule has 0 aromatic heterocycles. The maximum absolute atomic E-state index is 14.4. The van der Waals surface area contributed by atoms with Gasteiger partial charge in [0.25, 0.3) is 5.91 Å². The Labute approximate surface area is 260 Å². The second-order valence-corrected chi connectivity index (χ2v) is 11.9. The maximum atomic E-state index is 14.4. The predicted molar refractivity (Wildman–Crippen MR) is 170 cm³/mol. The number of hydrogen-bond donors (Lipinski definition) is 3. The minimum atomic E-state index is -1.28. The van der Waals surface area contributed by atoms with E-state index in [9.17, 15) is 4.79 Å². The Hall–Kier alpha value is -3.98. The molecule has 2 aliphatic rings. The first-order valence-corrected chi connectivity index (χ1v) is 15.4. The summed E-state index contributed by atoms with van der Waals surface area (Å²) in [6.07, 6.45) is 1.92. The fraction of sp³-hybridized carbons (Fsp3) is 0.257. The van der Waals surface area contributed by atoms with Crippen LogP contribution < -0.4 is 15.6 Å². The summed E-state index contributed by atoms with van der Waals surface area (Å²) < 4.78 is 13.3. The van der Waals surface area contributed by atoms with Crippen LogP contribution in [0.5, 0.6) is 5.75 Å². The van der Waals surface area contributed by atoms with Crippen LogP contribution in [-0.4, -0.2) is 41.7 Å². The van der Waals surface area contributed by atoms with Crippen molar-refractivity contribution < 1.29 is 19.4 Å². The zero-order valence-corrected chi connectivity index (χ0v) is 25.3. The van der Waals surface area contributed by atoms with Gasteiger partial charge in [0.15, 0.2) is 11.6 Å². The van der Waals surface area contributed by atoms with E-state index >= 15 is 0 Å². The second-order valence-electron chi connectivity index (χ2n) is 11.0. The number of carbonyl (C=O) groups excluding carboxylic acids is 1. The average Bonchev–Trinajstić information content (AvgIpc) is 3.63. The molecule has 220 valence electrons. The highest BCUT2D eigenvalue weighted by molar-refractivity contribution is 9.10. The van der Waals surface area contributed by atoms with Gasteiger partial charge in [0.1, 0.15) is 5.75 Å². The lowest BCUT2D eigenvalue weighted by molar-refractivity contribution is -0.130. The number of aliphatic hydroxyl groups is 1. The van der Waals surface area contributed by atoms with Crippen molar-refractivity contribution in [3.8, 4) is 5.75 Å². The molecule has 0 saturated carbocycles. The number of hydrazine groups is 1. The van der Waals surface area contributed by atoms with E-state index in [1.807, 2.05) is 78.9 Å². The summed E-state index contributed by atoms with van der Waals surface area (Å²) in [7, 11) is 0. The van der Waals surface area contributed by atoms with Gasteiger partial charge in [-0.2, -0.15) is 0 Å². The topological polar surface area (TPSA) is 92.2 Å². The number of nitrogens with one attached hydrogen (secondary N) is 2. The molecular weight excluding hydrogens is 606 g/mol. The van der Waals surface area contributed by atoms with Gasteiger partial charge in [-0.05, 0) is 71.5 Å². The molecule has 2 atom stereocenters. The van der Waals surface area contributed by atoms with Crippen LogP contribution in [0.3, 0.4) is 0 Å². The highest BCUT2D eigenvalue weighted by Crippen LogP contribution is 2.43. The molecule has 6 rings (SSSR count). The van der Waals surface area contributed by atoms with Gasteiger partial charge in [0.2, 0.25) is 5.90 Å². The van der Waals surface area contributed by atoms with Crippen LogP contribution in [0.25, 0.3) is 0 Å². The minimum Gasteiger partial charge on any atom is -0.494 e. The first-order chi connectivity index (χ1) is 21.0. The van der Waals surface area contributed by atoms with Crippen molar-refractivity contribution in [1.29, 1.82) is 0 Å². The summed E-state index contributed by atoms with van der Waals surface area (Å²) in [6, 6.07) is 33.7. The fourth-order valence-electron chi connectivity index (χ4n) is 5.76. The van der Waals surface area contributed by atoms with Gasteiger partial charge >= 0.3 is 0 Å². The van der Waals surface area contributed by atoms with Crippen LogP contribution in [0.2, 0.25) is 0 Å². The van der Waals surface area contributed by atoms with Crippen molar-refractivity contribution in [3.63, 3.8) is 0 Å². The Morgan fingerprint density at radius 2 is 1.60 bits per heavy atom. The molecule has 0 radical (unpaired) electrons. The number of fused-ring (bicyclic) bond motifs is 1. The fourth-order valence-corrected chi connectivity index (χ4v) is 6.03. The summed E-state index contributed by atoms with van der Waals surface area (Å²) in [5.74, 6) is 0.837. The molecule has 1 aliphatic heterocycles. The Kier molecular flexibility index (Phi) is 8.88. The number of ether oxygens (including phenoxy) is 2. The molecule has 0 fully saturated rings. The smallest absolute Gasteiger partial charge is 0.266 e. The maximum Gasteiger partial charge on any atom is 0.266 e. The van der Waals surface area contributed by atoms with Crippen molar-refractivity contribution in [2.45, 2.75) is 43.4 Å². The van der Waals surface area contributed by atoms with Crippen LogP contribution >= 0.6 is 15.9 Å². The Morgan fingerprint density at radius 1 is 0.930 bits per heavy atom. The Balaban J connectivity index is 1.33. The molecule has 1 aliphatic carbocycles. The van der Waals surface area contributed by atoms with Crippen molar-refractivity contribution in [3.05, 3.63) is 135 Å². The summed E-state index contributed by atoms with van der Waals surface area (Å²) in [5.41, 5.74) is 10.3. The third-order valence-electron chi connectivity index (χ3n) is 7.96. The number of aliphatic imine (C=N–C) groups is 1. The Morgan fingerprint density at radius 3 is 2.28 bits per heavy atom. The van der Waals surface area contributed by atoms with Crippen molar-refractivity contribution in [2.24, 2.45) is 4.99 Å². The number of rotatable bonds is 11. The lowest BCUT2D eigenvalue weighted by Gasteiger charge is -2.31. The molecule has 1 amide bonds. The summed E-state index contributed by atoms with van der Waals surface area (Å²) in [6.45, 7) is 0.507. The molecule has 4 aromatic rings. The predicted octanol–water partition coefficient (Wildman–Crippen LogP) is 5.50. The summed E-state index contributed by atoms with van der Waals surface area (Å²) in [4.78, 5) is 19.5. The van der Waals surface area contributed by atoms with Crippen LogP contribution in [-0.2, 0) is 28.8 Å². The van der Waals surface area contributed by atoms with E-state index in [0.717, 1.165) is 34.0 Å². The van der Waals surface area contributed by atoms with Gasteiger partial charge in [-0.25, -0.2) is 10.4 Å². The number of carbonyl (C=O) groups is 1. The van der Waals surface area contributed by atoms with E-state index in [0.29, 0.717) is 31.1 Å². The molecular formula is C35H34BrN3O4. The third-order valence-corrected chi connectivity index (χ3v) is 8.49. The number of amides is 1. The number of hydrogen-bond acceptors (Lipinski definition) is 6. The highest BCUT2D eigenvalue weighted by atomic mass is 79.9. The van der Waals surface area contributed by atoms with Gasteiger partial charge in [-0.1, -0.05) is 82.7 Å². The Bertz CT molecular complexity index is 1550. The summed E-state index contributed by atoms with van der Waals surface area (Å²) >= 11 is 3.53. The SMILES string of the molecule is O=C(NNC1Cc2ccccc2C1)[C@@]1(Cc2ccccc2)N=C(c2ccc(OCCCO)cc2)O[C@H]1c1ccc(Br)cc1. The quantitative estimate of drug-likeness (QED) is 0.149. The van der Waals surface area contributed by atoms with Gasteiger partial charge in [0, 0.05) is 35.5 Å². The normalized spacial score (nSPS) is 19.4. The van der Waals surface area contributed by atoms with Crippen LogP contribution in [0.4, 0.5) is 0 Å². The van der Waals surface area contributed by atoms with Crippen LogP contribution in [0, 0.1) is 0 Å². The molecule has 0 spiro atoms. The van der Waals surface area contributed by atoms with Crippen LogP contribution in [0.15, 0.2) is 113 Å². The number of aliphatic hydroxyl groups excluding tert-OH is 1. The number of benzene rings is 4. The first kappa shape index (κ1) is 29.1. The molecule has 3 N–H and O–H groups in total. The largest absolute Gasteiger partial charge is 0.494 e. The van der Waals surface area contributed by atoms with E-state index < -0.39 is 11.6 Å². The van der Waals surface area contributed by atoms with Gasteiger partial charge in [-0.15, -0.1) is 0 Å². The molecule has 0 unspecified atom stereocenters. The van der Waals surface area contributed by atoms with E-state index in [2.05, 4.69) is 51.0 Å². The number of nitrogens with zero attached hydrogens (tertiary/aromatic N) is 1. The van der Waals surface area contributed by atoms with E-state index in [1.165, 1.54) is 11.1 Å². The van der Waals surface area contributed by atoms with Crippen molar-refractivity contribution >= 4 is 27.7 Å². The lowest BCUT2D eigenvalue weighted by atomic mass is 9.82. The third kappa shape index (κ3) is 6.51. The lowest BCUT2D eigenvalue weighted by Crippen LogP contribution is -2.56. The van der Waals surface area contributed by atoms with Gasteiger partial charge in [0.05, 0.1) is 6.61 Å². The van der Waals surface area contributed by atoms with Crippen molar-refractivity contribution in [2.75, 3.05) is 13.2 Å². The zero-order valence-electron chi connectivity index (χ0n) is 23.7. The highest BCUT2D eigenvalue weighted by Gasteiger charge is 2.53. The molecule has 7 nitrogen and oxygen atoms in total. The number of halogens is 1. The molecule has 0 bridgehead atoms. The van der Waals surface area contributed by atoms with Gasteiger partial charge in [-0.3, -0.25) is 10.2 Å². The van der Waals surface area contributed by atoms with Crippen LogP contribution in [0.1, 0.15) is 40.3 Å². The standard InChI is InChI=1S/C35H34BrN3O4/c36-29-15-11-25(12-16-29)32-35(23-24-7-2-1-3-8-24,34(41)39-38-30-21-27-9-4-5-10-28(27)22-30)37-33(43-32)26-13-17-31(18-14-26)42-20-6-19-40/h1-5,7-18,30,32,38,40H,6,19-23H2,(H,39,41)/t32-,35-/m0/s1. The monoisotopic (exact) mass is 639 g/mol.